The van der Waals surface area contributed by atoms with Crippen molar-refractivity contribution in [3.8, 4) is 11.5 Å². The van der Waals surface area contributed by atoms with E-state index in [1.54, 1.807) is 6.07 Å². The largest absolute Gasteiger partial charge is 0.493 e. The summed E-state index contributed by atoms with van der Waals surface area (Å²) in [5.41, 5.74) is 0.0756. The summed E-state index contributed by atoms with van der Waals surface area (Å²) in [4.78, 5) is 10.8. The van der Waals surface area contributed by atoms with Crippen LogP contribution in [0.5, 0.6) is 11.5 Å². The highest BCUT2D eigenvalue weighted by atomic mass is 79.9. The zero-order chi connectivity index (χ0) is 14.9. The molecule has 0 aromatic heterocycles. The van der Waals surface area contributed by atoms with Gasteiger partial charge in [-0.15, -0.1) is 0 Å². The number of nitro groups is 1. The van der Waals surface area contributed by atoms with E-state index in [0.717, 1.165) is 12.8 Å². The van der Waals surface area contributed by atoms with Crippen molar-refractivity contribution in [3.05, 3.63) is 28.3 Å². The van der Waals surface area contributed by atoms with Crippen molar-refractivity contribution in [1.82, 2.24) is 0 Å². The van der Waals surface area contributed by atoms with Gasteiger partial charge in [0.25, 0.3) is 5.69 Å². The number of alkyl halides is 1. The molecule has 1 aliphatic rings. The topological polar surface area (TPSA) is 61.6 Å². The lowest BCUT2D eigenvalue weighted by Crippen LogP contribution is -2.54. The van der Waals surface area contributed by atoms with E-state index in [1.165, 1.54) is 19.2 Å². The van der Waals surface area contributed by atoms with Crippen molar-refractivity contribution >= 4 is 21.6 Å². The van der Waals surface area contributed by atoms with Gasteiger partial charge in [0, 0.05) is 16.3 Å². The number of methoxy groups -OCH3 is 1. The van der Waals surface area contributed by atoms with Crippen molar-refractivity contribution in [2.75, 3.05) is 7.11 Å². The molecule has 0 spiro atoms. The molecule has 0 saturated heterocycles. The summed E-state index contributed by atoms with van der Waals surface area (Å²) < 4.78 is 11.2. The van der Waals surface area contributed by atoms with E-state index in [1.807, 2.05) is 0 Å². The monoisotopic (exact) mass is 343 g/mol. The summed E-state index contributed by atoms with van der Waals surface area (Å²) in [6.45, 7) is 4.31. The van der Waals surface area contributed by atoms with Gasteiger partial charge in [0.05, 0.1) is 18.1 Å². The second-order valence-electron chi connectivity index (χ2n) is 5.26. The first-order valence-corrected chi connectivity index (χ1v) is 7.47. The van der Waals surface area contributed by atoms with Crippen LogP contribution >= 0.6 is 15.9 Å². The highest BCUT2D eigenvalue weighted by molar-refractivity contribution is 9.09. The van der Waals surface area contributed by atoms with Crippen LogP contribution in [-0.4, -0.2) is 23.0 Å². The maximum atomic E-state index is 10.8. The molecule has 1 saturated carbocycles. The van der Waals surface area contributed by atoms with Crippen molar-refractivity contribution < 1.29 is 14.4 Å². The number of ether oxygens (including phenoxy) is 2. The summed E-state index contributed by atoms with van der Waals surface area (Å²) in [7, 11) is 1.49. The third-order valence-electron chi connectivity index (χ3n) is 4.26. The minimum atomic E-state index is -0.444. The van der Waals surface area contributed by atoms with Gasteiger partial charge in [-0.05, 0) is 18.9 Å². The molecule has 6 heteroatoms. The highest BCUT2D eigenvalue weighted by Crippen LogP contribution is 2.51. The van der Waals surface area contributed by atoms with Crippen LogP contribution in [0.25, 0.3) is 0 Å². The average Bonchev–Trinajstić information content (AvgIpc) is 2.45. The van der Waals surface area contributed by atoms with E-state index in [2.05, 4.69) is 29.8 Å². The number of nitro benzene ring substituents is 1. The Labute approximate surface area is 126 Å². The molecule has 0 amide bonds. The lowest BCUT2D eigenvalue weighted by Gasteiger charge is -2.50. The number of benzene rings is 1. The summed E-state index contributed by atoms with van der Waals surface area (Å²) in [6, 6.07) is 4.43. The van der Waals surface area contributed by atoms with Crippen LogP contribution in [0.3, 0.4) is 0 Å². The van der Waals surface area contributed by atoms with Crippen LogP contribution in [-0.2, 0) is 0 Å². The zero-order valence-electron chi connectivity index (χ0n) is 11.8. The second kappa shape index (κ2) is 5.60. The maximum Gasteiger partial charge on any atom is 0.273 e. The molecule has 0 bridgehead atoms. The Morgan fingerprint density at radius 1 is 1.50 bits per heavy atom. The molecule has 0 aliphatic heterocycles. The Morgan fingerprint density at radius 3 is 2.70 bits per heavy atom. The Bertz CT molecular complexity index is 522. The third-order valence-corrected chi connectivity index (χ3v) is 5.68. The highest BCUT2D eigenvalue weighted by Gasteiger charge is 2.51. The van der Waals surface area contributed by atoms with Gasteiger partial charge in [-0.1, -0.05) is 29.8 Å². The predicted octanol–water partition coefficient (Wildman–Crippen LogP) is 3.93. The fraction of sp³-hybridized carbons (Fsp3) is 0.571. The molecule has 1 aromatic carbocycles. The minimum absolute atomic E-state index is 0.000527. The molecule has 0 radical (unpaired) electrons. The van der Waals surface area contributed by atoms with Gasteiger partial charge in [0.1, 0.15) is 6.10 Å². The van der Waals surface area contributed by atoms with Crippen LogP contribution in [0, 0.1) is 15.5 Å². The molecule has 1 aliphatic carbocycles. The fourth-order valence-electron chi connectivity index (χ4n) is 2.42. The molecular formula is C14H18BrNO4. The molecular weight excluding hydrogens is 326 g/mol. The first-order valence-electron chi connectivity index (χ1n) is 6.55. The van der Waals surface area contributed by atoms with Crippen molar-refractivity contribution in [1.29, 1.82) is 0 Å². The average molecular weight is 344 g/mol. The van der Waals surface area contributed by atoms with Crippen LogP contribution in [0.15, 0.2) is 18.2 Å². The Balaban J connectivity index is 2.20. The van der Waals surface area contributed by atoms with Gasteiger partial charge in [-0.3, -0.25) is 10.1 Å². The molecule has 1 fully saturated rings. The number of hydrogen-bond acceptors (Lipinski definition) is 4. The SMILES string of the molecule is CCC1(C)C(Br)CC1Oc1ccc([N+](=O)[O-])cc1OC. The molecule has 0 heterocycles. The standard InChI is InChI=1S/C14H18BrNO4/c1-4-14(2)12(15)8-13(14)20-10-6-5-9(16(17)18)7-11(10)19-3/h5-7,12-13H,4,8H2,1-3H3. The maximum absolute atomic E-state index is 10.8. The quantitative estimate of drug-likeness (QED) is 0.461. The third kappa shape index (κ3) is 2.49. The molecule has 3 unspecified atom stereocenters. The smallest absolute Gasteiger partial charge is 0.273 e. The summed E-state index contributed by atoms with van der Waals surface area (Å²) >= 11 is 3.66. The normalized spacial score (nSPS) is 28.6. The number of non-ortho nitro benzene ring substituents is 1. The van der Waals surface area contributed by atoms with Crippen LogP contribution in [0.4, 0.5) is 5.69 Å². The van der Waals surface area contributed by atoms with E-state index in [9.17, 15) is 10.1 Å². The molecule has 110 valence electrons. The van der Waals surface area contributed by atoms with E-state index in [-0.39, 0.29) is 17.2 Å². The predicted molar refractivity (Wildman–Crippen MR) is 79.8 cm³/mol. The minimum Gasteiger partial charge on any atom is -0.493 e. The van der Waals surface area contributed by atoms with Gasteiger partial charge in [-0.2, -0.15) is 0 Å². The molecule has 20 heavy (non-hydrogen) atoms. The van der Waals surface area contributed by atoms with Crippen LogP contribution in [0.1, 0.15) is 26.7 Å². The molecule has 5 nitrogen and oxygen atoms in total. The number of rotatable bonds is 5. The first kappa shape index (κ1) is 15.1. The summed E-state index contributed by atoms with van der Waals surface area (Å²) in [5, 5.41) is 10.8. The van der Waals surface area contributed by atoms with E-state index in [0.29, 0.717) is 16.3 Å². The Hall–Kier alpha value is -1.30. The fourth-order valence-corrected chi connectivity index (χ4v) is 3.38. The Morgan fingerprint density at radius 2 is 2.20 bits per heavy atom. The van der Waals surface area contributed by atoms with Gasteiger partial charge >= 0.3 is 0 Å². The first-order chi connectivity index (χ1) is 9.42. The van der Waals surface area contributed by atoms with Crippen LogP contribution < -0.4 is 9.47 Å². The second-order valence-corrected chi connectivity index (χ2v) is 6.37. The lowest BCUT2D eigenvalue weighted by atomic mass is 9.65. The Kier molecular flexibility index (Phi) is 4.22. The zero-order valence-corrected chi connectivity index (χ0v) is 13.3. The number of nitrogens with zero attached hydrogens (tertiary/aromatic N) is 1. The van der Waals surface area contributed by atoms with Crippen LogP contribution in [0.2, 0.25) is 0 Å². The van der Waals surface area contributed by atoms with Gasteiger partial charge < -0.3 is 9.47 Å². The van der Waals surface area contributed by atoms with Crippen molar-refractivity contribution in [2.24, 2.45) is 5.41 Å². The number of halogens is 1. The van der Waals surface area contributed by atoms with E-state index >= 15 is 0 Å². The van der Waals surface area contributed by atoms with E-state index < -0.39 is 4.92 Å². The lowest BCUT2D eigenvalue weighted by molar-refractivity contribution is -0.385. The number of hydrogen-bond donors (Lipinski definition) is 0. The molecule has 0 N–H and O–H groups in total. The summed E-state index contributed by atoms with van der Waals surface area (Å²) in [6.07, 6.45) is 2.01. The van der Waals surface area contributed by atoms with E-state index in [4.69, 9.17) is 9.47 Å². The molecule has 3 atom stereocenters. The molecule has 2 rings (SSSR count). The van der Waals surface area contributed by atoms with Gasteiger partial charge in [0.2, 0.25) is 0 Å². The van der Waals surface area contributed by atoms with Crippen molar-refractivity contribution in [2.45, 2.75) is 37.6 Å². The van der Waals surface area contributed by atoms with Gasteiger partial charge in [-0.25, -0.2) is 0 Å². The summed E-state index contributed by atoms with van der Waals surface area (Å²) in [5.74, 6) is 0.956. The molecule has 1 aromatic rings. The van der Waals surface area contributed by atoms with Crippen molar-refractivity contribution in [3.63, 3.8) is 0 Å². The van der Waals surface area contributed by atoms with Gasteiger partial charge in [0.15, 0.2) is 11.5 Å².